The van der Waals surface area contributed by atoms with Gasteiger partial charge in [-0.05, 0) is 38.0 Å². The average Bonchev–Trinajstić information content (AvgIpc) is 3.10. The van der Waals surface area contributed by atoms with Gasteiger partial charge in [-0.2, -0.15) is 5.10 Å². The van der Waals surface area contributed by atoms with Crippen LogP contribution in [0.5, 0.6) is 0 Å². The predicted molar refractivity (Wildman–Crippen MR) is 104 cm³/mol. The highest BCUT2D eigenvalue weighted by atomic mass is 35.5. The number of carbonyl (C=O) groups excluding carboxylic acids is 2. The molecule has 0 aliphatic carbocycles. The lowest BCUT2D eigenvalue weighted by molar-refractivity contribution is -0.137. The first-order valence-corrected chi connectivity index (χ1v) is 9.61. The molecule has 1 atom stereocenters. The smallest absolute Gasteiger partial charge is 0.303 e. The van der Waals surface area contributed by atoms with Gasteiger partial charge in [0.05, 0.1) is 18.3 Å². The SMILES string of the molecule is C[C@H]1CN(CC(=O)CCCCC(=O)O)C(=O)c2cc(-c3ccc(Cl)cc3)nn21. The number of benzene rings is 1. The topological polar surface area (TPSA) is 92.5 Å². The van der Waals surface area contributed by atoms with Gasteiger partial charge in [0, 0.05) is 30.0 Å². The second-order valence-electron chi connectivity index (χ2n) is 7.04. The van der Waals surface area contributed by atoms with Crippen molar-refractivity contribution in [3.05, 3.63) is 41.0 Å². The van der Waals surface area contributed by atoms with Gasteiger partial charge in [0.2, 0.25) is 0 Å². The van der Waals surface area contributed by atoms with E-state index in [1.807, 2.05) is 19.1 Å². The number of halogens is 1. The van der Waals surface area contributed by atoms with E-state index in [9.17, 15) is 14.4 Å². The summed E-state index contributed by atoms with van der Waals surface area (Å²) < 4.78 is 1.71. The van der Waals surface area contributed by atoms with Gasteiger partial charge in [-0.25, -0.2) is 0 Å². The van der Waals surface area contributed by atoms with E-state index in [1.165, 1.54) is 0 Å². The molecule has 7 nitrogen and oxygen atoms in total. The summed E-state index contributed by atoms with van der Waals surface area (Å²) in [7, 11) is 0. The summed E-state index contributed by atoms with van der Waals surface area (Å²) in [6, 6.07) is 8.94. The van der Waals surface area contributed by atoms with Crippen molar-refractivity contribution >= 4 is 29.3 Å². The minimum atomic E-state index is -0.864. The van der Waals surface area contributed by atoms with E-state index < -0.39 is 5.97 Å². The molecule has 0 unspecified atom stereocenters. The van der Waals surface area contributed by atoms with Crippen LogP contribution in [0.3, 0.4) is 0 Å². The molecule has 0 fully saturated rings. The number of amides is 1. The number of unbranched alkanes of at least 4 members (excludes halogenated alkanes) is 1. The lowest BCUT2D eigenvalue weighted by Gasteiger charge is -2.31. The van der Waals surface area contributed by atoms with Gasteiger partial charge >= 0.3 is 5.97 Å². The Morgan fingerprint density at radius 3 is 2.57 bits per heavy atom. The zero-order chi connectivity index (χ0) is 20.3. The molecule has 1 aliphatic heterocycles. The summed E-state index contributed by atoms with van der Waals surface area (Å²) in [5.41, 5.74) is 2.02. The Kier molecular flexibility index (Phi) is 6.14. The molecule has 2 heterocycles. The monoisotopic (exact) mass is 403 g/mol. The molecule has 1 aromatic heterocycles. The number of aliphatic carboxylic acids is 1. The van der Waals surface area contributed by atoms with Crippen LogP contribution in [-0.2, 0) is 9.59 Å². The Morgan fingerprint density at radius 2 is 1.89 bits per heavy atom. The van der Waals surface area contributed by atoms with Crippen molar-refractivity contribution in [3.8, 4) is 11.3 Å². The maximum absolute atomic E-state index is 12.8. The highest BCUT2D eigenvalue weighted by Gasteiger charge is 2.31. The van der Waals surface area contributed by atoms with Crippen LogP contribution in [-0.4, -0.2) is 50.5 Å². The van der Waals surface area contributed by atoms with E-state index in [2.05, 4.69) is 5.10 Å². The van der Waals surface area contributed by atoms with E-state index in [1.54, 1.807) is 27.8 Å². The summed E-state index contributed by atoms with van der Waals surface area (Å²) in [6.07, 6.45) is 1.31. The van der Waals surface area contributed by atoms with Crippen molar-refractivity contribution in [2.45, 2.75) is 38.6 Å². The van der Waals surface area contributed by atoms with Gasteiger partial charge in [-0.15, -0.1) is 0 Å². The van der Waals surface area contributed by atoms with Gasteiger partial charge in [0.15, 0.2) is 5.78 Å². The van der Waals surface area contributed by atoms with Crippen LogP contribution in [0, 0.1) is 0 Å². The number of carboxylic acid groups (broad SMARTS) is 1. The zero-order valence-corrected chi connectivity index (χ0v) is 16.4. The first-order chi connectivity index (χ1) is 13.3. The first-order valence-electron chi connectivity index (χ1n) is 9.23. The van der Waals surface area contributed by atoms with E-state index >= 15 is 0 Å². The number of ketones is 1. The number of rotatable bonds is 8. The van der Waals surface area contributed by atoms with Crippen LogP contribution in [0.25, 0.3) is 11.3 Å². The predicted octanol–water partition coefficient (Wildman–Crippen LogP) is 3.43. The lowest BCUT2D eigenvalue weighted by Crippen LogP contribution is -2.44. The Balaban J connectivity index is 1.67. The van der Waals surface area contributed by atoms with Crippen molar-refractivity contribution in [2.24, 2.45) is 0 Å². The molecule has 0 spiro atoms. The molecule has 1 aromatic carbocycles. The van der Waals surface area contributed by atoms with E-state index in [-0.39, 0.29) is 37.1 Å². The number of carboxylic acids is 1. The highest BCUT2D eigenvalue weighted by Crippen LogP contribution is 2.27. The number of aromatic nitrogens is 2. The fourth-order valence-electron chi connectivity index (χ4n) is 3.32. The number of fused-ring (bicyclic) bond motifs is 1. The second-order valence-corrected chi connectivity index (χ2v) is 7.48. The summed E-state index contributed by atoms with van der Waals surface area (Å²) in [4.78, 5) is 37.1. The average molecular weight is 404 g/mol. The molecule has 0 bridgehead atoms. The standard InChI is InChI=1S/C20H22ClN3O4/c1-13-11-23(12-16(25)4-2-3-5-19(26)27)20(28)18-10-17(22-24(13)18)14-6-8-15(21)9-7-14/h6-10,13H,2-5,11-12H2,1H3,(H,26,27)/t13-/m0/s1. The summed E-state index contributed by atoms with van der Waals surface area (Å²) >= 11 is 5.93. The molecule has 0 saturated carbocycles. The van der Waals surface area contributed by atoms with E-state index in [0.29, 0.717) is 35.8 Å². The van der Waals surface area contributed by atoms with Crippen molar-refractivity contribution < 1.29 is 19.5 Å². The Hall–Kier alpha value is -2.67. The molecular formula is C20H22ClN3O4. The summed E-state index contributed by atoms with van der Waals surface area (Å²) in [5.74, 6) is -1.14. The van der Waals surface area contributed by atoms with Crippen LogP contribution in [0.2, 0.25) is 5.02 Å². The van der Waals surface area contributed by atoms with Crippen LogP contribution in [0.1, 0.15) is 49.1 Å². The van der Waals surface area contributed by atoms with Crippen molar-refractivity contribution in [1.82, 2.24) is 14.7 Å². The number of hydrogen-bond acceptors (Lipinski definition) is 4. The van der Waals surface area contributed by atoms with Gasteiger partial charge in [-0.1, -0.05) is 23.7 Å². The van der Waals surface area contributed by atoms with E-state index in [0.717, 1.165) is 5.56 Å². The molecule has 2 aromatic rings. The third kappa shape index (κ3) is 4.59. The molecule has 8 heteroatoms. The van der Waals surface area contributed by atoms with Crippen LogP contribution in [0.4, 0.5) is 0 Å². The van der Waals surface area contributed by atoms with Crippen molar-refractivity contribution in [2.75, 3.05) is 13.1 Å². The molecule has 148 valence electrons. The molecule has 28 heavy (non-hydrogen) atoms. The molecule has 0 radical (unpaired) electrons. The minimum Gasteiger partial charge on any atom is -0.481 e. The third-order valence-electron chi connectivity index (χ3n) is 4.75. The van der Waals surface area contributed by atoms with Crippen molar-refractivity contribution in [3.63, 3.8) is 0 Å². The number of carbonyl (C=O) groups is 3. The van der Waals surface area contributed by atoms with Gasteiger partial charge in [0.1, 0.15) is 5.69 Å². The second kappa shape index (κ2) is 8.56. The number of Topliss-reactive ketones (excluding diaryl/α,β-unsaturated/α-hetero) is 1. The molecule has 3 rings (SSSR count). The maximum Gasteiger partial charge on any atom is 0.303 e. The quantitative estimate of drug-likeness (QED) is 0.681. The Morgan fingerprint density at radius 1 is 1.21 bits per heavy atom. The number of nitrogens with zero attached hydrogens (tertiary/aromatic N) is 3. The number of hydrogen-bond donors (Lipinski definition) is 1. The molecular weight excluding hydrogens is 382 g/mol. The summed E-state index contributed by atoms with van der Waals surface area (Å²) in [6.45, 7) is 2.41. The normalized spacial score (nSPS) is 16.1. The fraction of sp³-hybridized carbons (Fsp3) is 0.400. The summed E-state index contributed by atoms with van der Waals surface area (Å²) in [5, 5.41) is 13.8. The Bertz CT molecular complexity index is 891. The Labute approximate surface area is 167 Å². The molecule has 1 aliphatic rings. The van der Waals surface area contributed by atoms with Crippen LogP contribution in [0.15, 0.2) is 30.3 Å². The minimum absolute atomic E-state index is 0.0394. The third-order valence-corrected chi connectivity index (χ3v) is 5.00. The molecule has 0 saturated heterocycles. The zero-order valence-electron chi connectivity index (χ0n) is 15.6. The van der Waals surface area contributed by atoms with Gasteiger partial charge in [-0.3, -0.25) is 19.1 Å². The lowest BCUT2D eigenvalue weighted by atomic mass is 10.1. The van der Waals surface area contributed by atoms with Crippen molar-refractivity contribution in [1.29, 1.82) is 0 Å². The van der Waals surface area contributed by atoms with Crippen LogP contribution < -0.4 is 0 Å². The molecule has 1 N–H and O–H groups in total. The molecule has 1 amide bonds. The highest BCUT2D eigenvalue weighted by molar-refractivity contribution is 6.30. The van der Waals surface area contributed by atoms with Gasteiger partial charge < -0.3 is 10.0 Å². The van der Waals surface area contributed by atoms with E-state index in [4.69, 9.17) is 16.7 Å². The first kappa shape index (κ1) is 20.1. The van der Waals surface area contributed by atoms with Crippen LogP contribution >= 0.6 is 11.6 Å². The fourth-order valence-corrected chi connectivity index (χ4v) is 3.45. The maximum atomic E-state index is 12.8. The largest absolute Gasteiger partial charge is 0.481 e. The van der Waals surface area contributed by atoms with Gasteiger partial charge in [0.25, 0.3) is 5.91 Å².